The van der Waals surface area contributed by atoms with Crippen molar-refractivity contribution >= 4 is 17.5 Å². The number of carbonyl (C=O) groups excluding carboxylic acids is 1. The summed E-state index contributed by atoms with van der Waals surface area (Å²) in [4.78, 5) is 13.4. The summed E-state index contributed by atoms with van der Waals surface area (Å²) in [5.41, 5.74) is 4.49. The van der Waals surface area contributed by atoms with Crippen LogP contribution in [-0.2, 0) is 4.74 Å². The molecule has 0 saturated heterocycles. The van der Waals surface area contributed by atoms with E-state index in [9.17, 15) is 10.1 Å². The molecule has 0 bridgehead atoms. The van der Waals surface area contributed by atoms with E-state index >= 15 is 0 Å². The quantitative estimate of drug-likeness (QED) is 0.231. The maximum Gasteiger partial charge on any atom is 0.253 e. The number of nitriles is 1. The van der Waals surface area contributed by atoms with Gasteiger partial charge in [0.25, 0.3) is 5.91 Å². The summed E-state index contributed by atoms with van der Waals surface area (Å²) < 4.78 is 13.1. The molecule has 0 heterocycles. The lowest BCUT2D eigenvalue weighted by molar-refractivity contribution is -0.338. The first-order chi connectivity index (χ1) is 17.6. The van der Waals surface area contributed by atoms with E-state index in [1.165, 1.54) is 6.42 Å². The number of hydrogen-bond donors (Lipinski definition) is 2. The van der Waals surface area contributed by atoms with Crippen molar-refractivity contribution in [2.45, 2.75) is 78.0 Å². The molecule has 3 N–H and O–H groups in total. The van der Waals surface area contributed by atoms with Crippen molar-refractivity contribution < 1.29 is 14.3 Å². The van der Waals surface area contributed by atoms with E-state index in [1.54, 1.807) is 30.3 Å². The molecule has 1 aliphatic rings. The van der Waals surface area contributed by atoms with Crippen LogP contribution in [0.4, 0.5) is 0 Å². The van der Waals surface area contributed by atoms with Gasteiger partial charge in [0.15, 0.2) is 5.72 Å². The zero-order chi connectivity index (χ0) is 27.1. The molecule has 6 nitrogen and oxygen atoms in total. The van der Waals surface area contributed by atoms with Crippen LogP contribution < -0.4 is 15.8 Å². The second-order valence-electron chi connectivity index (χ2n) is 11.0. The van der Waals surface area contributed by atoms with E-state index < -0.39 is 16.6 Å². The largest absolute Gasteiger partial charge is 0.489 e. The van der Waals surface area contributed by atoms with E-state index in [0.717, 1.165) is 38.6 Å². The van der Waals surface area contributed by atoms with E-state index in [1.807, 2.05) is 18.2 Å². The van der Waals surface area contributed by atoms with Gasteiger partial charge >= 0.3 is 0 Å². The van der Waals surface area contributed by atoms with Crippen molar-refractivity contribution in [1.29, 1.82) is 5.26 Å². The summed E-state index contributed by atoms with van der Waals surface area (Å²) in [6.07, 6.45) is 6.24. The average Bonchev–Trinajstić information content (AvgIpc) is 2.88. The number of unbranched alkanes of at least 4 members (excludes halogenated alkanes) is 5. The fourth-order valence-electron chi connectivity index (χ4n) is 5.85. The van der Waals surface area contributed by atoms with E-state index in [-0.39, 0.29) is 12.0 Å². The van der Waals surface area contributed by atoms with Gasteiger partial charge in [-0.3, -0.25) is 4.79 Å². The molecule has 0 atom stereocenters. The summed E-state index contributed by atoms with van der Waals surface area (Å²) in [7, 11) is 0. The van der Waals surface area contributed by atoms with Gasteiger partial charge in [0.1, 0.15) is 17.9 Å². The van der Waals surface area contributed by atoms with E-state index in [4.69, 9.17) is 26.8 Å². The molecule has 1 saturated carbocycles. The molecule has 3 rings (SSSR count). The first kappa shape index (κ1) is 29.0. The molecule has 0 unspecified atom stereocenters. The fourth-order valence-corrected chi connectivity index (χ4v) is 6.06. The Labute approximate surface area is 226 Å². The number of nitrogens with two attached hydrogens (primary N) is 1. The summed E-state index contributed by atoms with van der Waals surface area (Å²) in [5.74, 6) is 0.402. The predicted molar refractivity (Wildman–Crippen MR) is 147 cm³/mol. The molecule has 0 spiro atoms. The molecule has 1 amide bonds. The molecule has 1 fully saturated rings. The van der Waals surface area contributed by atoms with Gasteiger partial charge in [-0.2, -0.15) is 5.26 Å². The minimum Gasteiger partial charge on any atom is -0.489 e. The molecule has 7 heteroatoms. The summed E-state index contributed by atoms with van der Waals surface area (Å²) >= 11 is 6.26. The standard InChI is InChI=1S/C30H40ClN3O3/c1-28(2)27(37-24-17-16-23(21-33)25(31)20-24)29(3,4)30(28,34-26(35)22-14-10-9-11-15-22)36-19-13-8-6-5-7-12-18-32/h9-11,14-17,20,27H,5-8,12-13,18-19,32H2,1-4H3,(H,34,35). The van der Waals surface area contributed by atoms with Gasteiger partial charge in [0.05, 0.1) is 21.4 Å². The molecule has 2 aromatic rings. The molecule has 2 aromatic carbocycles. The Balaban J connectivity index is 1.79. The van der Waals surface area contributed by atoms with Gasteiger partial charge in [-0.25, -0.2) is 0 Å². The highest BCUT2D eigenvalue weighted by Gasteiger charge is 2.76. The van der Waals surface area contributed by atoms with Gasteiger partial charge in [-0.1, -0.05) is 83.2 Å². The monoisotopic (exact) mass is 525 g/mol. The van der Waals surface area contributed by atoms with Gasteiger partial charge in [0, 0.05) is 18.2 Å². The van der Waals surface area contributed by atoms with E-state index in [0.29, 0.717) is 28.5 Å². The fraction of sp³-hybridized carbons (Fsp3) is 0.533. The molecular formula is C30H40ClN3O3. The highest BCUT2D eigenvalue weighted by Crippen LogP contribution is 2.63. The highest BCUT2D eigenvalue weighted by atomic mass is 35.5. The average molecular weight is 526 g/mol. The van der Waals surface area contributed by atoms with Crippen LogP contribution in [0.25, 0.3) is 0 Å². The Morgan fingerprint density at radius 1 is 1.00 bits per heavy atom. The molecule has 37 heavy (non-hydrogen) atoms. The predicted octanol–water partition coefficient (Wildman–Crippen LogP) is 6.47. The van der Waals surface area contributed by atoms with Crippen LogP contribution in [0.5, 0.6) is 5.75 Å². The normalized spacial score (nSPS) is 21.5. The zero-order valence-corrected chi connectivity index (χ0v) is 23.2. The minimum absolute atomic E-state index is 0.177. The molecule has 1 aliphatic carbocycles. The maximum absolute atomic E-state index is 13.4. The van der Waals surface area contributed by atoms with Gasteiger partial charge in [0.2, 0.25) is 0 Å². The van der Waals surface area contributed by atoms with Crippen molar-refractivity contribution in [3.63, 3.8) is 0 Å². The Morgan fingerprint density at radius 2 is 1.62 bits per heavy atom. The minimum atomic E-state index is -0.951. The Kier molecular flexibility index (Phi) is 9.63. The zero-order valence-electron chi connectivity index (χ0n) is 22.5. The summed E-state index contributed by atoms with van der Waals surface area (Å²) in [5, 5.41) is 12.8. The molecule has 0 aliphatic heterocycles. The van der Waals surface area contributed by atoms with Gasteiger partial charge < -0.3 is 20.5 Å². The Morgan fingerprint density at radius 3 is 2.22 bits per heavy atom. The smallest absolute Gasteiger partial charge is 0.253 e. The Hall–Kier alpha value is -2.59. The topological polar surface area (TPSA) is 97.4 Å². The third-order valence-electron chi connectivity index (χ3n) is 7.68. The second-order valence-corrected chi connectivity index (χ2v) is 11.4. The molecule has 200 valence electrons. The number of benzene rings is 2. The van der Waals surface area contributed by atoms with Crippen molar-refractivity contribution in [3.05, 3.63) is 64.7 Å². The van der Waals surface area contributed by atoms with Crippen LogP contribution in [-0.4, -0.2) is 30.9 Å². The van der Waals surface area contributed by atoms with Gasteiger partial charge in [-0.15, -0.1) is 0 Å². The number of nitrogens with one attached hydrogen (secondary N) is 1. The highest BCUT2D eigenvalue weighted by molar-refractivity contribution is 6.31. The van der Waals surface area contributed by atoms with E-state index in [2.05, 4.69) is 39.1 Å². The Bertz CT molecular complexity index is 1080. The number of ether oxygens (including phenoxy) is 2. The molecular weight excluding hydrogens is 486 g/mol. The molecule has 0 radical (unpaired) electrons. The first-order valence-corrected chi connectivity index (χ1v) is 13.6. The number of carbonyl (C=O) groups is 1. The van der Waals surface area contributed by atoms with Crippen LogP contribution in [0.15, 0.2) is 48.5 Å². The number of hydrogen-bond acceptors (Lipinski definition) is 5. The van der Waals surface area contributed by atoms with Crippen LogP contribution in [0.1, 0.15) is 82.1 Å². The SMILES string of the molecule is CC1(C)C(Oc2ccc(C#N)c(Cl)c2)C(C)(C)C1(NC(=O)c1ccccc1)OCCCCCCCCN. The summed E-state index contributed by atoms with van der Waals surface area (Å²) in [6, 6.07) is 16.3. The second kappa shape index (κ2) is 12.3. The lowest BCUT2D eigenvalue weighted by atomic mass is 9.46. The van der Waals surface area contributed by atoms with Crippen LogP contribution in [0, 0.1) is 22.2 Å². The third kappa shape index (κ3) is 5.95. The van der Waals surface area contributed by atoms with Gasteiger partial charge in [-0.05, 0) is 43.7 Å². The van der Waals surface area contributed by atoms with Crippen molar-refractivity contribution in [2.75, 3.05) is 13.2 Å². The third-order valence-corrected chi connectivity index (χ3v) is 8.00. The number of amides is 1. The first-order valence-electron chi connectivity index (χ1n) is 13.2. The van der Waals surface area contributed by atoms with Crippen LogP contribution >= 0.6 is 11.6 Å². The van der Waals surface area contributed by atoms with Crippen molar-refractivity contribution in [2.24, 2.45) is 16.6 Å². The summed E-state index contributed by atoms with van der Waals surface area (Å²) in [6.45, 7) is 9.53. The lowest BCUT2D eigenvalue weighted by Gasteiger charge is -2.70. The van der Waals surface area contributed by atoms with Crippen LogP contribution in [0.2, 0.25) is 5.02 Å². The number of halogens is 1. The van der Waals surface area contributed by atoms with Crippen LogP contribution in [0.3, 0.4) is 0 Å². The number of nitrogens with zero attached hydrogens (tertiary/aromatic N) is 1. The lowest BCUT2D eigenvalue weighted by Crippen LogP contribution is -2.84. The molecule has 0 aromatic heterocycles. The van der Waals surface area contributed by atoms with Crippen molar-refractivity contribution in [3.8, 4) is 11.8 Å². The number of rotatable bonds is 13. The maximum atomic E-state index is 13.4. The van der Waals surface area contributed by atoms with Crippen molar-refractivity contribution in [1.82, 2.24) is 5.32 Å².